The Hall–Kier alpha value is -3.72. The quantitative estimate of drug-likeness (QED) is 0.304. The summed E-state index contributed by atoms with van der Waals surface area (Å²) in [5, 5.41) is 13.0. The highest BCUT2D eigenvalue weighted by molar-refractivity contribution is 7.07. The number of rotatable bonds is 6. The molecule has 2 aromatic carbocycles. The average Bonchev–Trinajstić information content (AvgIpc) is 3.27. The minimum Gasteiger partial charge on any atom is -0.316 e. The molecule has 0 fully saturated rings. The summed E-state index contributed by atoms with van der Waals surface area (Å²) >= 11 is 1.45. The summed E-state index contributed by atoms with van der Waals surface area (Å²) in [6, 6.07) is 16.0. The number of nitro benzene ring substituents is 1. The SMILES string of the molecule is Cc1c(N=c2scc(-c3ccc([N+](=O)[O-])cc3)n2CC(C)C)c(=O)n(-c2ccccc2)n1C. The number of para-hydroxylation sites is 1. The maximum atomic E-state index is 13.3. The van der Waals surface area contributed by atoms with Crippen LogP contribution < -0.4 is 10.4 Å². The second-order valence-electron chi connectivity index (χ2n) is 8.23. The van der Waals surface area contributed by atoms with Gasteiger partial charge in [-0.1, -0.05) is 32.0 Å². The predicted octanol–water partition coefficient (Wildman–Crippen LogP) is 4.81. The van der Waals surface area contributed by atoms with Crippen LogP contribution in [0, 0.1) is 23.0 Å². The molecule has 170 valence electrons. The Bertz CT molecular complexity index is 1420. The summed E-state index contributed by atoms with van der Waals surface area (Å²) in [6.07, 6.45) is 0. The smallest absolute Gasteiger partial charge is 0.297 e. The van der Waals surface area contributed by atoms with Gasteiger partial charge in [0, 0.05) is 31.1 Å². The first-order valence-corrected chi connectivity index (χ1v) is 11.5. The van der Waals surface area contributed by atoms with Gasteiger partial charge < -0.3 is 4.57 Å². The second-order valence-corrected chi connectivity index (χ2v) is 9.07. The first-order chi connectivity index (χ1) is 15.8. The van der Waals surface area contributed by atoms with Crippen molar-refractivity contribution in [1.82, 2.24) is 13.9 Å². The van der Waals surface area contributed by atoms with Crippen molar-refractivity contribution in [3.05, 3.63) is 90.9 Å². The van der Waals surface area contributed by atoms with Crippen molar-refractivity contribution in [3.8, 4) is 16.9 Å². The third-order valence-electron chi connectivity index (χ3n) is 5.45. The third kappa shape index (κ3) is 4.31. The van der Waals surface area contributed by atoms with E-state index >= 15 is 0 Å². The summed E-state index contributed by atoms with van der Waals surface area (Å²) in [7, 11) is 1.85. The van der Waals surface area contributed by atoms with Crippen molar-refractivity contribution in [2.24, 2.45) is 18.0 Å². The molecule has 0 bridgehead atoms. The number of benzene rings is 2. The molecule has 8 nitrogen and oxygen atoms in total. The molecular formula is C24H25N5O3S. The van der Waals surface area contributed by atoms with Gasteiger partial charge in [0.2, 0.25) is 0 Å². The molecular weight excluding hydrogens is 438 g/mol. The van der Waals surface area contributed by atoms with E-state index in [-0.39, 0.29) is 11.2 Å². The molecule has 0 radical (unpaired) electrons. The van der Waals surface area contributed by atoms with Gasteiger partial charge in [-0.25, -0.2) is 9.67 Å². The number of nitro groups is 1. The molecule has 0 saturated heterocycles. The zero-order valence-electron chi connectivity index (χ0n) is 18.9. The number of thiazole rings is 1. The number of hydrogen-bond acceptors (Lipinski definition) is 5. The highest BCUT2D eigenvalue weighted by atomic mass is 32.1. The monoisotopic (exact) mass is 463 g/mol. The van der Waals surface area contributed by atoms with Crippen LogP contribution in [0.5, 0.6) is 0 Å². The molecule has 0 amide bonds. The van der Waals surface area contributed by atoms with Crippen LogP contribution >= 0.6 is 11.3 Å². The van der Waals surface area contributed by atoms with E-state index in [1.807, 2.05) is 54.4 Å². The Morgan fingerprint density at radius 3 is 2.36 bits per heavy atom. The summed E-state index contributed by atoms with van der Waals surface area (Å²) in [4.78, 5) is 29.4. The average molecular weight is 464 g/mol. The Kier molecular flexibility index (Phi) is 6.15. The van der Waals surface area contributed by atoms with E-state index in [2.05, 4.69) is 18.4 Å². The van der Waals surface area contributed by atoms with Crippen molar-refractivity contribution in [3.63, 3.8) is 0 Å². The fourth-order valence-electron chi connectivity index (χ4n) is 3.72. The van der Waals surface area contributed by atoms with Gasteiger partial charge in [0.05, 0.1) is 22.0 Å². The maximum Gasteiger partial charge on any atom is 0.297 e. The van der Waals surface area contributed by atoms with Crippen molar-refractivity contribution < 1.29 is 4.92 Å². The standard InChI is InChI=1S/C24H25N5O3S/c1-16(2)14-27-21(18-10-12-20(13-11-18)29(31)32)15-33-24(27)25-22-17(3)26(4)28(23(22)30)19-8-6-5-7-9-19/h5-13,15-16H,14H2,1-4H3. The number of nitrogens with zero attached hydrogens (tertiary/aromatic N) is 5. The molecule has 0 unspecified atom stereocenters. The lowest BCUT2D eigenvalue weighted by Crippen LogP contribution is -2.21. The molecule has 0 spiro atoms. The summed E-state index contributed by atoms with van der Waals surface area (Å²) in [5.74, 6) is 0.341. The largest absolute Gasteiger partial charge is 0.316 e. The van der Waals surface area contributed by atoms with E-state index in [0.29, 0.717) is 23.0 Å². The summed E-state index contributed by atoms with van der Waals surface area (Å²) < 4.78 is 5.51. The molecule has 2 aromatic heterocycles. The van der Waals surface area contributed by atoms with Crippen LogP contribution in [0.3, 0.4) is 0 Å². The molecule has 0 aliphatic rings. The van der Waals surface area contributed by atoms with Crippen LogP contribution in [0.15, 0.2) is 69.8 Å². The zero-order valence-corrected chi connectivity index (χ0v) is 19.7. The van der Waals surface area contributed by atoms with Gasteiger partial charge in [0.25, 0.3) is 11.2 Å². The van der Waals surface area contributed by atoms with Crippen molar-refractivity contribution in [1.29, 1.82) is 0 Å². The normalized spacial score (nSPS) is 12.0. The zero-order chi connectivity index (χ0) is 23.7. The number of non-ortho nitro benzene ring substituents is 1. The van der Waals surface area contributed by atoms with Crippen LogP contribution in [0.2, 0.25) is 0 Å². The van der Waals surface area contributed by atoms with Gasteiger partial charge in [0.1, 0.15) is 0 Å². The minimum absolute atomic E-state index is 0.0515. The Morgan fingerprint density at radius 2 is 1.76 bits per heavy atom. The summed E-state index contributed by atoms with van der Waals surface area (Å²) in [6.45, 7) is 6.82. The molecule has 9 heteroatoms. The minimum atomic E-state index is -0.406. The van der Waals surface area contributed by atoms with E-state index in [4.69, 9.17) is 4.99 Å². The Labute approximate surface area is 194 Å². The lowest BCUT2D eigenvalue weighted by Gasteiger charge is -2.11. The lowest BCUT2D eigenvalue weighted by atomic mass is 10.1. The second kappa shape index (κ2) is 9.03. The van der Waals surface area contributed by atoms with Gasteiger partial charge in [0.15, 0.2) is 10.5 Å². The molecule has 0 aliphatic heterocycles. The first kappa shape index (κ1) is 22.5. The molecule has 4 rings (SSSR count). The van der Waals surface area contributed by atoms with E-state index in [1.54, 1.807) is 16.8 Å². The van der Waals surface area contributed by atoms with Crippen molar-refractivity contribution in [2.75, 3.05) is 0 Å². The molecule has 33 heavy (non-hydrogen) atoms. The van der Waals surface area contributed by atoms with Gasteiger partial charge in [-0.2, -0.15) is 0 Å². The van der Waals surface area contributed by atoms with E-state index in [1.165, 1.54) is 23.5 Å². The van der Waals surface area contributed by atoms with Crippen molar-refractivity contribution in [2.45, 2.75) is 27.3 Å². The first-order valence-electron chi connectivity index (χ1n) is 10.6. The molecule has 0 N–H and O–H groups in total. The van der Waals surface area contributed by atoms with E-state index in [9.17, 15) is 14.9 Å². The Balaban J connectivity index is 1.87. The van der Waals surface area contributed by atoms with Gasteiger partial charge >= 0.3 is 0 Å². The van der Waals surface area contributed by atoms with E-state index in [0.717, 1.165) is 22.6 Å². The van der Waals surface area contributed by atoms with Crippen LogP contribution in [-0.2, 0) is 13.6 Å². The highest BCUT2D eigenvalue weighted by Crippen LogP contribution is 2.24. The maximum absolute atomic E-state index is 13.3. The Morgan fingerprint density at radius 1 is 1.09 bits per heavy atom. The third-order valence-corrected chi connectivity index (χ3v) is 6.31. The highest BCUT2D eigenvalue weighted by Gasteiger charge is 2.17. The van der Waals surface area contributed by atoms with Gasteiger partial charge in [-0.3, -0.25) is 19.6 Å². The fraction of sp³-hybridized carbons (Fsp3) is 0.250. The fourth-order valence-corrected chi connectivity index (χ4v) is 4.65. The summed E-state index contributed by atoms with van der Waals surface area (Å²) in [5.41, 5.74) is 3.60. The van der Waals surface area contributed by atoms with Crippen molar-refractivity contribution >= 4 is 22.7 Å². The number of aromatic nitrogens is 3. The molecule has 4 aromatic rings. The van der Waals surface area contributed by atoms with E-state index < -0.39 is 4.92 Å². The number of hydrogen-bond donors (Lipinski definition) is 0. The van der Waals surface area contributed by atoms with Crippen LogP contribution in [-0.4, -0.2) is 18.9 Å². The predicted molar refractivity (Wildman–Crippen MR) is 130 cm³/mol. The van der Waals surface area contributed by atoms with Crippen LogP contribution in [0.25, 0.3) is 16.9 Å². The molecule has 0 saturated carbocycles. The van der Waals surface area contributed by atoms with Gasteiger partial charge in [-0.15, -0.1) is 11.3 Å². The molecule has 2 heterocycles. The van der Waals surface area contributed by atoms with Crippen LogP contribution in [0.1, 0.15) is 19.5 Å². The lowest BCUT2D eigenvalue weighted by molar-refractivity contribution is -0.384. The topological polar surface area (TPSA) is 87.4 Å². The van der Waals surface area contributed by atoms with Gasteiger partial charge in [-0.05, 0) is 42.7 Å². The molecule has 0 aliphatic carbocycles. The molecule has 0 atom stereocenters. The van der Waals surface area contributed by atoms with Crippen LogP contribution in [0.4, 0.5) is 11.4 Å².